The van der Waals surface area contributed by atoms with E-state index in [0.29, 0.717) is 5.56 Å². The Labute approximate surface area is 144 Å². The highest BCUT2D eigenvalue weighted by atomic mass is 32.2. The van der Waals surface area contributed by atoms with Gasteiger partial charge < -0.3 is 5.32 Å². The first kappa shape index (κ1) is 17.5. The summed E-state index contributed by atoms with van der Waals surface area (Å²) in [6.07, 6.45) is 1.69. The highest BCUT2D eigenvalue weighted by molar-refractivity contribution is 7.89. The Bertz CT molecular complexity index is 895. The van der Waals surface area contributed by atoms with E-state index in [1.807, 2.05) is 0 Å². The van der Waals surface area contributed by atoms with E-state index >= 15 is 0 Å². The fourth-order valence-corrected chi connectivity index (χ4v) is 3.53. The van der Waals surface area contributed by atoms with Crippen LogP contribution in [-0.4, -0.2) is 20.4 Å². The van der Waals surface area contributed by atoms with Gasteiger partial charge in [0.1, 0.15) is 11.6 Å². The van der Waals surface area contributed by atoms with E-state index in [1.165, 1.54) is 12.1 Å². The Morgan fingerprint density at radius 2 is 1.76 bits per heavy atom. The molecule has 0 saturated heterocycles. The molecule has 0 radical (unpaired) electrons. The lowest BCUT2D eigenvalue weighted by molar-refractivity contribution is 0.0946. The first-order chi connectivity index (χ1) is 11.8. The molecule has 8 heteroatoms. The van der Waals surface area contributed by atoms with Gasteiger partial charge in [-0.05, 0) is 48.7 Å². The molecule has 1 aliphatic carbocycles. The normalized spacial score (nSPS) is 14.3. The molecule has 25 heavy (non-hydrogen) atoms. The van der Waals surface area contributed by atoms with Crippen LogP contribution in [0.1, 0.15) is 28.8 Å². The summed E-state index contributed by atoms with van der Waals surface area (Å²) in [5, 5.41) is 2.47. The Hall–Kier alpha value is -2.32. The third kappa shape index (κ3) is 4.40. The average Bonchev–Trinajstić information content (AvgIpc) is 3.38. The van der Waals surface area contributed by atoms with E-state index in [0.717, 1.165) is 31.0 Å². The zero-order valence-corrected chi connectivity index (χ0v) is 13.9. The van der Waals surface area contributed by atoms with Gasteiger partial charge in [-0.25, -0.2) is 21.9 Å². The second kappa shape index (κ2) is 6.89. The first-order valence-corrected chi connectivity index (χ1v) is 9.18. The minimum Gasteiger partial charge on any atom is -0.348 e. The molecule has 0 unspecified atom stereocenters. The monoisotopic (exact) mass is 366 g/mol. The van der Waals surface area contributed by atoms with E-state index in [4.69, 9.17) is 0 Å². The molecular weight excluding hydrogens is 350 g/mol. The molecule has 0 spiro atoms. The molecule has 0 heterocycles. The molecule has 5 nitrogen and oxygen atoms in total. The van der Waals surface area contributed by atoms with Gasteiger partial charge in [0.2, 0.25) is 10.0 Å². The van der Waals surface area contributed by atoms with Crippen molar-refractivity contribution < 1.29 is 22.0 Å². The van der Waals surface area contributed by atoms with Gasteiger partial charge in [0.15, 0.2) is 0 Å². The molecule has 0 aliphatic heterocycles. The van der Waals surface area contributed by atoms with Crippen LogP contribution in [0.5, 0.6) is 0 Å². The summed E-state index contributed by atoms with van der Waals surface area (Å²) in [5.41, 5.74) is 0.253. The van der Waals surface area contributed by atoms with E-state index in [9.17, 15) is 22.0 Å². The van der Waals surface area contributed by atoms with Crippen molar-refractivity contribution in [1.29, 1.82) is 0 Å². The zero-order valence-electron chi connectivity index (χ0n) is 13.1. The van der Waals surface area contributed by atoms with Crippen LogP contribution in [0.3, 0.4) is 0 Å². The molecule has 1 fully saturated rings. The van der Waals surface area contributed by atoms with Crippen LogP contribution in [0.15, 0.2) is 47.4 Å². The highest BCUT2D eigenvalue weighted by Gasteiger charge is 2.27. The van der Waals surface area contributed by atoms with E-state index in [2.05, 4.69) is 10.0 Å². The quantitative estimate of drug-likeness (QED) is 0.824. The standard InChI is InChI=1S/C17H16F2N2O3S/c18-12-3-8-16(19)15(9-12)17(22)20-10-11-1-6-14(7-2-11)25(23,24)21-13-4-5-13/h1-3,6-9,13,21H,4-5,10H2,(H,20,22). The average molecular weight is 366 g/mol. The van der Waals surface area contributed by atoms with Gasteiger partial charge in [-0.2, -0.15) is 0 Å². The molecular formula is C17H16F2N2O3S. The van der Waals surface area contributed by atoms with Crippen molar-refractivity contribution in [3.05, 3.63) is 65.2 Å². The lowest BCUT2D eigenvalue weighted by Crippen LogP contribution is -2.26. The highest BCUT2D eigenvalue weighted by Crippen LogP contribution is 2.22. The molecule has 132 valence electrons. The Kier molecular flexibility index (Phi) is 4.82. The summed E-state index contributed by atoms with van der Waals surface area (Å²) in [7, 11) is -3.53. The number of halogens is 2. The molecule has 2 aromatic rings. The SMILES string of the molecule is O=C(NCc1ccc(S(=O)(=O)NC2CC2)cc1)c1cc(F)ccc1F. The Balaban J connectivity index is 1.63. The fraction of sp³-hybridized carbons (Fsp3) is 0.235. The number of benzene rings is 2. The maximum atomic E-state index is 13.5. The lowest BCUT2D eigenvalue weighted by atomic mass is 10.1. The third-order valence-corrected chi connectivity index (χ3v) is 5.30. The number of hydrogen-bond acceptors (Lipinski definition) is 3. The predicted molar refractivity (Wildman–Crippen MR) is 87.3 cm³/mol. The van der Waals surface area contributed by atoms with Crippen LogP contribution >= 0.6 is 0 Å². The van der Waals surface area contributed by atoms with Crippen molar-refractivity contribution in [2.45, 2.75) is 30.3 Å². The van der Waals surface area contributed by atoms with Crippen LogP contribution in [0.25, 0.3) is 0 Å². The Morgan fingerprint density at radius 3 is 2.40 bits per heavy atom. The second-order valence-corrected chi connectivity index (χ2v) is 7.56. The van der Waals surface area contributed by atoms with Crippen molar-refractivity contribution in [3.8, 4) is 0 Å². The van der Waals surface area contributed by atoms with Crippen molar-refractivity contribution in [2.75, 3.05) is 0 Å². The summed E-state index contributed by atoms with van der Waals surface area (Å²) >= 11 is 0. The van der Waals surface area contributed by atoms with Crippen LogP contribution in [0.2, 0.25) is 0 Å². The molecule has 3 rings (SSSR count). The second-order valence-electron chi connectivity index (χ2n) is 5.85. The summed E-state index contributed by atoms with van der Waals surface area (Å²) < 4.78 is 53.3. The van der Waals surface area contributed by atoms with E-state index in [-0.39, 0.29) is 23.0 Å². The molecule has 0 atom stereocenters. The number of carbonyl (C=O) groups excluding carboxylic acids is 1. The van der Waals surface area contributed by atoms with E-state index < -0.39 is 27.6 Å². The summed E-state index contributed by atoms with van der Waals surface area (Å²) in [5.74, 6) is -2.26. The van der Waals surface area contributed by atoms with Gasteiger partial charge in [-0.3, -0.25) is 4.79 Å². The molecule has 2 N–H and O–H groups in total. The summed E-state index contributed by atoms with van der Waals surface area (Å²) in [4.78, 5) is 12.1. The number of nitrogens with one attached hydrogen (secondary N) is 2. The molecule has 0 aromatic heterocycles. The van der Waals surface area contributed by atoms with Crippen molar-refractivity contribution in [3.63, 3.8) is 0 Å². The number of rotatable bonds is 6. The predicted octanol–water partition coefficient (Wildman–Crippen LogP) is 2.34. The maximum absolute atomic E-state index is 13.5. The largest absolute Gasteiger partial charge is 0.348 e. The minimum absolute atomic E-state index is 0.0186. The summed E-state index contributed by atoms with van der Waals surface area (Å²) in [6.45, 7) is 0.0607. The molecule has 1 saturated carbocycles. The van der Waals surface area contributed by atoms with Gasteiger partial charge in [0.25, 0.3) is 5.91 Å². The van der Waals surface area contributed by atoms with Gasteiger partial charge in [0.05, 0.1) is 10.5 Å². The van der Waals surface area contributed by atoms with Gasteiger partial charge in [-0.1, -0.05) is 12.1 Å². The number of carbonyl (C=O) groups is 1. The topological polar surface area (TPSA) is 75.3 Å². The van der Waals surface area contributed by atoms with E-state index in [1.54, 1.807) is 12.1 Å². The minimum atomic E-state index is -3.53. The zero-order chi connectivity index (χ0) is 18.0. The molecule has 2 aromatic carbocycles. The summed E-state index contributed by atoms with van der Waals surface area (Å²) in [6, 6.07) is 8.66. The van der Waals surface area contributed by atoms with Crippen LogP contribution in [0, 0.1) is 11.6 Å². The molecule has 1 aliphatic rings. The third-order valence-electron chi connectivity index (χ3n) is 3.76. The smallest absolute Gasteiger partial charge is 0.254 e. The van der Waals surface area contributed by atoms with Gasteiger partial charge in [-0.15, -0.1) is 0 Å². The lowest BCUT2D eigenvalue weighted by Gasteiger charge is -2.08. The number of hydrogen-bond donors (Lipinski definition) is 2. The number of sulfonamides is 1. The van der Waals surface area contributed by atoms with Crippen molar-refractivity contribution >= 4 is 15.9 Å². The number of amides is 1. The van der Waals surface area contributed by atoms with Crippen molar-refractivity contribution in [2.24, 2.45) is 0 Å². The van der Waals surface area contributed by atoms with Gasteiger partial charge >= 0.3 is 0 Å². The maximum Gasteiger partial charge on any atom is 0.254 e. The molecule has 0 bridgehead atoms. The van der Waals surface area contributed by atoms with Crippen LogP contribution in [0.4, 0.5) is 8.78 Å². The fourth-order valence-electron chi connectivity index (χ4n) is 2.22. The van der Waals surface area contributed by atoms with Crippen LogP contribution in [-0.2, 0) is 16.6 Å². The van der Waals surface area contributed by atoms with Gasteiger partial charge in [0, 0.05) is 12.6 Å². The Morgan fingerprint density at radius 1 is 1.08 bits per heavy atom. The van der Waals surface area contributed by atoms with Crippen LogP contribution < -0.4 is 10.0 Å². The molecule has 1 amide bonds. The first-order valence-electron chi connectivity index (χ1n) is 7.70. The van der Waals surface area contributed by atoms with Crippen molar-refractivity contribution in [1.82, 2.24) is 10.0 Å².